The maximum absolute atomic E-state index is 12.2. The van der Waals surface area contributed by atoms with Crippen LogP contribution in [-0.2, 0) is 0 Å². The van der Waals surface area contributed by atoms with E-state index < -0.39 is 5.63 Å². The minimum absolute atomic E-state index is 0.0211. The molecule has 0 aliphatic rings. The summed E-state index contributed by atoms with van der Waals surface area (Å²) in [5.41, 5.74) is 0.829. The van der Waals surface area contributed by atoms with Gasteiger partial charge in [-0.05, 0) is 35.9 Å². The lowest BCUT2D eigenvalue weighted by atomic mass is 10.1. The average molecular weight is 332 g/mol. The number of allylic oxidation sites excluding steroid dienone is 3. The lowest BCUT2D eigenvalue weighted by Crippen LogP contribution is -2.11. The van der Waals surface area contributed by atoms with E-state index in [9.17, 15) is 9.59 Å². The van der Waals surface area contributed by atoms with Crippen LogP contribution in [0.4, 0.5) is 0 Å². The number of hydrogen-bond acceptors (Lipinski definition) is 4. The van der Waals surface area contributed by atoms with Gasteiger partial charge in [0, 0.05) is 5.39 Å². The summed E-state index contributed by atoms with van der Waals surface area (Å²) in [4.78, 5) is 24.1. The number of carbonyl (C=O) groups excluding carboxylic acids is 1. The smallest absolute Gasteiger partial charge is 0.347 e. The van der Waals surface area contributed by atoms with Crippen LogP contribution in [0.1, 0.15) is 15.9 Å². The second-order valence-electron chi connectivity index (χ2n) is 5.34. The van der Waals surface area contributed by atoms with Crippen molar-refractivity contribution >= 4 is 22.8 Å². The van der Waals surface area contributed by atoms with E-state index in [1.807, 2.05) is 36.4 Å². The van der Waals surface area contributed by atoms with Gasteiger partial charge in [0.05, 0.1) is 7.11 Å². The van der Waals surface area contributed by atoms with Crippen LogP contribution in [0.15, 0.2) is 82.0 Å². The van der Waals surface area contributed by atoms with Crippen LogP contribution in [0.25, 0.3) is 17.0 Å². The van der Waals surface area contributed by atoms with Gasteiger partial charge in [0.15, 0.2) is 5.78 Å². The van der Waals surface area contributed by atoms with Crippen molar-refractivity contribution < 1.29 is 13.9 Å². The van der Waals surface area contributed by atoms with Gasteiger partial charge in [-0.15, -0.1) is 0 Å². The molecule has 4 nitrogen and oxygen atoms in total. The summed E-state index contributed by atoms with van der Waals surface area (Å²) in [5, 5.41) is 0.715. The maximum Gasteiger partial charge on any atom is 0.347 e. The number of benzene rings is 2. The predicted octanol–water partition coefficient (Wildman–Crippen LogP) is 4.25. The van der Waals surface area contributed by atoms with E-state index in [2.05, 4.69) is 0 Å². The normalized spacial score (nSPS) is 11.4. The Morgan fingerprint density at radius 1 is 1.04 bits per heavy atom. The highest BCUT2D eigenvalue weighted by molar-refractivity contribution is 6.05. The van der Waals surface area contributed by atoms with Gasteiger partial charge in [-0.3, -0.25) is 4.79 Å². The Bertz CT molecular complexity index is 1010. The molecule has 0 amide bonds. The van der Waals surface area contributed by atoms with Crippen LogP contribution in [0, 0.1) is 0 Å². The van der Waals surface area contributed by atoms with Crippen LogP contribution in [0.3, 0.4) is 0 Å². The first kappa shape index (κ1) is 16.5. The molecule has 0 atom stereocenters. The summed E-state index contributed by atoms with van der Waals surface area (Å²) < 4.78 is 10.3. The zero-order chi connectivity index (χ0) is 17.6. The first-order valence-corrected chi connectivity index (χ1v) is 7.73. The third-order valence-corrected chi connectivity index (χ3v) is 3.67. The monoisotopic (exact) mass is 332 g/mol. The highest BCUT2D eigenvalue weighted by atomic mass is 16.5. The van der Waals surface area contributed by atoms with Gasteiger partial charge in [0.2, 0.25) is 0 Å². The fourth-order valence-electron chi connectivity index (χ4n) is 2.35. The molecule has 124 valence electrons. The molecule has 0 aliphatic carbocycles. The number of carbonyl (C=O) groups is 1. The van der Waals surface area contributed by atoms with Crippen LogP contribution < -0.4 is 10.4 Å². The number of fused-ring (bicyclic) bond motifs is 1. The van der Waals surface area contributed by atoms with E-state index in [0.717, 1.165) is 11.3 Å². The molecule has 0 saturated carbocycles. The first-order chi connectivity index (χ1) is 12.2. The van der Waals surface area contributed by atoms with Gasteiger partial charge in [0.25, 0.3) is 0 Å². The lowest BCUT2D eigenvalue weighted by Gasteiger charge is -1.99. The number of hydrogen-bond donors (Lipinski definition) is 0. The van der Waals surface area contributed by atoms with Crippen molar-refractivity contribution in [2.75, 3.05) is 7.11 Å². The average Bonchev–Trinajstić information content (AvgIpc) is 2.65. The Morgan fingerprint density at radius 3 is 2.56 bits per heavy atom. The van der Waals surface area contributed by atoms with Crippen molar-refractivity contribution in [3.05, 3.63) is 94.4 Å². The molecule has 3 rings (SSSR count). The van der Waals surface area contributed by atoms with Gasteiger partial charge in [-0.1, -0.05) is 48.6 Å². The SMILES string of the molecule is COc1ccc(C=CC=CC(=O)c2cc3ccccc3oc2=O)cc1. The topological polar surface area (TPSA) is 56.5 Å². The number of methoxy groups -OCH3 is 1. The molecule has 0 N–H and O–H groups in total. The maximum atomic E-state index is 12.2. The van der Waals surface area contributed by atoms with Gasteiger partial charge >= 0.3 is 5.63 Å². The molecule has 1 aromatic heterocycles. The van der Waals surface area contributed by atoms with E-state index in [0.29, 0.717) is 11.0 Å². The third kappa shape index (κ3) is 3.93. The van der Waals surface area contributed by atoms with Gasteiger partial charge < -0.3 is 9.15 Å². The van der Waals surface area contributed by atoms with Crippen molar-refractivity contribution in [2.24, 2.45) is 0 Å². The predicted molar refractivity (Wildman–Crippen MR) is 98.0 cm³/mol. The Morgan fingerprint density at radius 2 is 1.80 bits per heavy atom. The van der Waals surface area contributed by atoms with Crippen LogP contribution in [0.2, 0.25) is 0 Å². The molecule has 0 unspecified atom stereocenters. The largest absolute Gasteiger partial charge is 0.497 e. The number of ether oxygens (including phenoxy) is 1. The Hall–Kier alpha value is -3.40. The summed E-state index contributed by atoms with van der Waals surface area (Å²) in [6, 6.07) is 16.2. The lowest BCUT2D eigenvalue weighted by molar-refractivity contribution is 0.104. The van der Waals surface area contributed by atoms with Crippen molar-refractivity contribution in [2.45, 2.75) is 0 Å². The molecule has 0 radical (unpaired) electrons. The number of para-hydroxylation sites is 1. The van der Waals surface area contributed by atoms with Crippen molar-refractivity contribution in [3.8, 4) is 5.75 Å². The fourth-order valence-corrected chi connectivity index (χ4v) is 2.35. The zero-order valence-electron chi connectivity index (χ0n) is 13.6. The van der Waals surface area contributed by atoms with Crippen LogP contribution in [-0.4, -0.2) is 12.9 Å². The van der Waals surface area contributed by atoms with Gasteiger partial charge in [-0.25, -0.2) is 4.79 Å². The van der Waals surface area contributed by atoms with E-state index in [1.54, 1.807) is 43.5 Å². The number of ketones is 1. The van der Waals surface area contributed by atoms with E-state index in [-0.39, 0.29) is 11.3 Å². The van der Waals surface area contributed by atoms with Crippen LogP contribution >= 0.6 is 0 Å². The molecule has 0 saturated heterocycles. The second-order valence-corrected chi connectivity index (χ2v) is 5.34. The van der Waals surface area contributed by atoms with Gasteiger partial charge in [0.1, 0.15) is 16.9 Å². The summed E-state index contributed by atoms with van der Waals surface area (Å²) in [6.07, 6.45) is 6.54. The minimum atomic E-state index is -0.632. The Balaban J connectivity index is 1.75. The van der Waals surface area contributed by atoms with E-state index >= 15 is 0 Å². The van der Waals surface area contributed by atoms with Crippen molar-refractivity contribution in [1.82, 2.24) is 0 Å². The summed E-state index contributed by atoms with van der Waals surface area (Å²) in [7, 11) is 1.61. The highest BCUT2D eigenvalue weighted by Gasteiger charge is 2.10. The van der Waals surface area contributed by atoms with Gasteiger partial charge in [-0.2, -0.15) is 0 Å². The Labute approximate surface area is 144 Å². The summed E-state index contributed by atoms with van der Waals surface area (Å²) >= 11 is 0. The van der Waals surface area contributed by atoms with Crippen molar-refractivity contribution in [1.29, 1.82) is 0 Å². The quantitative estimate of drug-likeness (QED) is 0.303. The molecular formula is C21H16O4. The van der Waals surface area contributed by atoms with Crippen LogP contribution in [0.5, 0.6) is 5.75 Å². The molecule has 0 spiro atoms. The molecule has 0 bridgehead atoms. The zero-order valence-corrected chi connectivity index (χ0v) is 13.6. The molecule has 2 aromatic carbocycles. The standard InChI is InChI=1S/C21H16O4/c1-24-17-12-10-15(11-13-17)6-2-4-8-19(22)18-14-16-7-3-5-9-20(16)25-21(18)23/h2-14H,1H3. The molecule has 3 aromatic rings. The Kier molecular flexibility index (Phi) is 4.90. The van der Waals surface area contributed by atoms with E-state index in [4.69, 9.17) is 9.15 Å². The molecule has 1 heterocycles. The summed E-state index contributed by atoms with van der Waals surface area (Å²) in [6.45, 7) is 0. The molecule has 0 fully saturated rings. The molecule has 0 aliphatic heterocycles. The highest BCUT2D eigenvalue weighted by Crippen LogP contribution is 2.14. The molecular weight excluding hydrogens is 316 g/mol. The first-order valence-electron chi connectivity index (χ1n) is 7.73. The summed E-state index contributed by atoms with van der Waals surface area (Å²) in [5.74, 6) is 0.393. The minimum Gasteiger partial charge on any atom is -0.497 e. The van der Waals surface area contributed by atoms with Crippen molar-refractivity contribution in [3.63, 3.8) is 0 Å². The second kappa shape index (κ2) is 7.45. The fraction of sp³-hybridized carbons (Fsp3) is 0.0476. The third-order valence-electron chi connectivity index (χ3n) is 3.67. The molecule has 4 heteroatoms. The van der Waals surface area contributed by atoms with E-state index in [1.165, 1.54) is 6.08 Å². The molecule has 25 heavy (non-hydrogen) atoms. The number of rotatable bonds is 5.